The smallest absolute Gasteiger partial charge is 0.326 e. The van der Waals surface area contributed by atoms with Crippen LogP contribution in [0.2, 0.25) is 0 Å². The fourth-order valence-electron chi connectivity index (χ4n) is 2.90. The summed E-state index contributed by atoms with van der Waals surface area (Å²) < 4.78 is 0. The van der Waals surface area contributed by atoms with E-state index in [0.717, 1.165) is 29.7 Å². The summed E-state index contributed by atoms with van der Waals surface area (Å²) >= 11 is 0. The van der Waals surface area contributed by atoms with E-state index in [2.05, 4.69) is 27.4 Å². The molecule has 0 spiro atoms. The molecule has 1 unspecified atom stereocenters. The molecule has 1 heterocycles. The first-order valence-corrected chi connectivity index (χ1v) is 7.49. The number of aryl methyl sites for hydroxylation is 1. The lowest BCUT2D eigenvalue weighted by molar-refractivity contribution is -0.138. The van der Waals surface area contributed by atoms with Crippen molar-refractivity contribution in [3.63, 3.8) is 0 Å². The van der Waals surface area contributed by atoms with Crippen LogP contribution in [-0.4, -0.2) is 27.1 Å². The van der Waals surface area contributed by atoms with Crippen LogP contribution in [0.4, 0.5) is 5.82 Å². The molecule has 0 bridgehead atoms. The lowest BCUT2D eigenvalue weighted by Crippen LogP contribution is -2.35. The molecule has 2 aromatic rings. The second kappa shape index (κ2) is 5.75. The minimum Gasteiger partial charge on any atom is -0.480 e. The first-order valence-electron chi connectivity index (χ1n) is 7.49. The lowest BCUT2D eigenvalue weighted by Gasteiger charge is -2.24. The monoisotopic (exact) mass is 297 g/mol. The van der Waals surface area contributed by atoms with Gasteiger partial charge in [0.2, 0.25) is 0 Å². The van der Waals surface area contributed by atoms with E-state index in [1.54, 1.807) is 0 Å². The van der Waals surface area contributed by atoms with Gasteiger partial charge in [0.15, 0.2) is 0 Å². The molecule has 0 amide bonds. The predicted molar refractivity (Wildman–Crippen MR) is 84.8 cm³/mol. The molecule has 1 aliphatic rings. The maximum atomic E-state index is 11.4. The number of hydrogen-bond acceptors (Lipinski definition) is 4. The molecule has 0 fully saturated rings. The van der Waals surface area contributed by atoms with Gasteiger partial charge in [-0.3, -0.25) is 0 Å². The first-order chi connectivity index (χ1) is 10.6. The molecule has 5 nitrogen and oxygen atoms in total. The number of aromatic nitrogens is 2. The highest BCUT2D eigenvalue weighted by Crippen LogP contribution is 2.34. The Labute approximate surface area is 129 Å². The van der Waals surface area contributed by atoms with Crippen molar-refractivity contribution in [1.82, 2.24) is 9.97 Å². The van der Waals surface area contributed by atoms with Gasteiger partial charge in [-0.05, 0) is 24.3 Å². The largest absolute Gasteiger partial charge is 0.480 e. The van der Waals surface area contributed by atoms with E-state index in [-0.39, 0.29) is 5.92 Å². The number of carboxylic acids is 1. The normalized spacial score (nSPS) is 14.1. The Hall–Kier alpha value is -2.43. The number of carbonyl (C=O) groups is 1. The molecule has 1 aliphatic carbocycles. The van der Waals surface area contributed by atoms with Crippen LogP contribution >= 0.6 is 0 Å². The average molecular weight is 297 g/mol. The van der Waals surface area contributed by atoms with Gasteiger partial charge in [0.05, 0.1) is 5.69 Å². The minimum atomic E-state index is -0.862. The van der Waals surface area contributed by atoms with E-state index in [1.165, 1.54) is 11.9 Å². The van der Waals surface area contributed by atoms with Gasteiger partial charge in [-0.25, -0.2) is 14.8 Å². The highest BCUT2D eigenvalue weighted by Gasteiger charge is 2.26. The predicted octanol–water partition coefficient (Wildman–Crippen LogP) is 2.76. The summed E-state index contributed by atoms with van der Waals surface area (Å²) in [7, 11) is 0. The summed E-state index contributed by atoms with van der Waals surface area (Å²) in [5, 5.41) is 12.4. The molecule has 22 heavy (non-hydrogen) atoms. The molecule has 0 aliphatic heterocycles. The van der Waals surface area contributed by atoms with E-state index in [9.17, 15) is 9.90 Å². The zero-order valence-corrected chi connectivity index (χ0v) is 12.7. The van der Waals surface area contributed by atoms with E-state index in [1.807, 2.05) is 26.0 Å². The SMILES string of the molecule is CC(C)C(Nc1ncnc2c1CCc1ccccc1-2)C(=O)O. The Bertz CT molecular complexity index is 713. The van der Waals surface area contributed by atoms with E-state index < -0.39 is 12.0 Å². The molecular weight excluding hydrogens is 278 g/mol. The zero-order chi connectivity index (χ0) is 15.7. The van der Waals surface area contributed by atoms with Gasteiger partial charge in [0.1, 0.15) is 18.2 Å². The van der Waals surface area contributed by atoms with Crippen LogP contribution in [0.3, 0.4) is 0 Å². The molecular formula is C17H19N3O2. The summed E-state index contributed by atoms with van der Waals surface area (Å²) in [6, 6.07) is 7.54. The number of nitrogens with one attached hydrogen (secondary N) is 1. The van der Waals surface area contributed by atoms with Gasteiger partial charge in [-0.2, -0.15) is 0 Å². The number of anilines is 1. The molecule has 1 aromatic carbocycles. The summed E-state index contributed by atoms with van der Waals surface area (Å²) in [4.78, 5) is 20.1. The Morgan fingerprint density at radius 2 is 2.00 bits per heavy atom. The number of nitrogens with zero attached hydrogens (tertiary/aromatic N) is 2. The van der Waals surface area contributed by atoms with Crippen molar-refractivity contribution in [3.8, 4) is 11.3 Å². The fraction of sp³-hybridized carbons (Fsp3) is 0.353. The van der Waals surface area contributed by atoms with Gasteiger partial charge >= 0.3 is 5.97 Å². The quantitative estimate of drug-likeness (QED) is 0.907. The lowest BCUT2D eigenvalue weighted by atomic mass is 9.89. The van der Waals surface area contributed by atoms with Crippen molar-refractivity contribution in [2.45, 2.75) is 32.7 Å². The molecule has 1 aromatic heterocycles. The molecule has 5 heteroatoms. The summed E-state index contributed by atoms with van der Waals surface area (Å²) in [6.07, 6.45) is 3.24. The molecule has 0 radical (unpaired) electrons. The first kappa shape index (κ1) is 14.5. The van der Waals surface area contributed by atoms with E-state index in [4.69, 9.17) is 0 Å². The van der Waals surface area contributed by atoms with Gasteiger partial charge in [-0.1, -0.05) is 38.1 Å². The molecule has 1 atom stereocenters. The van der Waals surface area contributed by atoms with Crippen molar-refractivity contribution < 1.29 is 9.90 Å². The second-order valence-electron chi connectivity index (χ2n) is 5.91. The molecule has 3 rings (SSSR count). The summed E-state index contributed by atoms with van der Waals surface area (Å²) in [5.74, 6) is -0.252. The number of rotatable bonds is 4. The van der Waals surface area contributed by atoms with Gasteiger partial charge in [0.25, 0.3) is 0 Å². The fourth-order valence-corrected chi connectivity index (χ4v) is 2.90. The maximum absolute atomic E-state index is 11.4. The van der Waals surface area contributed by atoms with E-state index >= 15 is 0 Å². The van der Waals surface area contributed by atoms with Crippen LogP contribution in [0.25, 0.3) is 11.3 Å². The van der Waals surface area contributed by atoms with Gasteiger partial charge in [-0.15, -0.1) is 0 Å². The van der Waals surface area contributed by atoms with Gasteiger partial charge < -0.3 is 10.4 Å². The number of benzene rings is 1. The zero-order valence-electron chi connectivity index (χ0n) is 12.7. The Morgan fingerprint density at radius 3 is 2.73 bits per heavy atom. The summed E-state index contributed by atoms with van der Waals surface area (Å²) in [6.45, 7) is 3.77. The van der Waals surface area contributed by atoms with Crippen LogP contribution in [0.1, 0.15) is 25.0 Å². The van der Waals surface area contributed by atoms with Crippen molar-refractivity contribution in [1.29, 1.82) is 0 Å². The van der Waals surface area contributed by atoms with Crippen molar-refractivity contribution in [2.75, 3.05) is 5.32 Å². The Morgan fingerprint density at radius 1 is 1.23 bits per heavy atom. The molecule has 2 N–H and O–H groups in total. The van der Waals surface area contributed by atoms with Crippen LogP contribution in [0, 0.1) is 5.92 Å². The van der Waals surface area contributed by atoms with Crippen molar-refractivity contribution in [2.24, 2.45) is 5.92 Å². The minimum absolute atomic E-state index is 0.0287. The molecule has 0 saturated carbocycles. The average Bonchev–Trinajstić information content (AvgIpc) is 2.51. The van der Waals surface area contributed by atoms with Crippen LogP contribution in [-0.2, 0) is 17.6 Å². The number of fused-ring (bicyclic) bond motifs is 3. The Kier molecular flexibility index (Phi) is 3.79. The van der Waals surface area contributed by atoms with Gasteiger partial charge in [0, 0.05) is 11.1 Å². The van der Waals surface area contributed by atoms with Crippen LogP contribution in [0.15, 0.2) is 30.6 Å². The van der Waals surface area contributed by atoms with E-state index in [0.29, 0.717) is 5.82 Å². The third-order valence-corrected chi connectivity index (χ3v) is 4.09. The number of aliphatic carboxylic acids is 1. The third-order valence-electron chi connectivity index (χ3n) is 4.09. The standard InChI is InChI=1S/C17H19N3O2/c1-10(2)14(17(21)22)20-16-13-8-7-11-5-3-4-6-12(11)15(13)18-9-19-16/h3-6,9-10,14H,7-8H2,1-2H3,(H,21,22)(H,18,19,20). The van der Waals surface area contributed by atoms with Crippen molar-refractivity contribution in [3.05, 3.63) is 41.7 Å². The highest BCUT2D eigenvalue weighted by atomic mass is 16.4. The number of hydrogen-bond donors (Lipinski definition) is 2. The highest BCUT2D eigenvalue weighted by molar-refractivity contribution is 5.79. The topological polar surface area (TPSA) is 75.1 Å². The maximum Gasteiger partial charge on any atom is 0.326 e. The van der Waals surface area contributed by atoms with Crippen LogP contribution < -0.4 is 5.32 Å². The Balaban J connectivity index is 2.01. The molecule has 0 saturated heterocycles. The number of carboxylic acid groups (broad SMARTS) is 1. The van der Waals surface area contributed by atoms with Crippen molar-refractivity contribution >= 4 is 11.8 Å². The second-order valence-corrected chi connectivity index (χ2v) is 5.91. The molecule has 114 valence electrons. The third kappa shape index (κ3) is 2.54. The summed E-state index contributed by atoms with van der Waals surface area (Å²) in [5.41, 5.74) is 4.31. The van der Waals surface area contributed by atoms with Crippen LogP contribution in [0.5, 0.6) is 0 Å².